The predicted octanol–water partition coefficient (Wildman–Crippen LogP) is 1.34. The molecule has 2 unspecified atom stereocenters. The quantitative estimate of drug-likeness (QED) is 0.744. The summed E-state index contributed by atoms with van der Waals surface area (Å²) < 4.78 is 10.9. The second kappa shape index (κ2) is 5.10. The predicted molar refractivity (Wildman–Crippen MR) is 53.1 cm³/mol. The average Bonchev–Trinajstić information content (AvgIpc) is 2.87. The van der Waals surface area contributed by atoms with Gasteiger partial charge in [-0.1, -0.05) is 12.8 Å². The lowest BCUT2D eigenvalue weighted by molar-refractivity contribution is -0.0299. The Labute approximate surface area is 85.4 Å². The molecule has 0 aromatic heterocycles. The minimum absolute atomic E-state index is 0.302. The van der Waals surface area contributed by atoms with Crippen LogP contribution in [0.15, 0.2) is 0 Å². The number of rotatable bonds is 4. The first-order chi connectivity index (χ1) is 6.86. The minimum Gasteiger partial charge on any atom is -0.390 e. The molecule has 0 spiro atoms. The van der Waals surface area contributed by atoms with E-state index < -0.39 is 0 Å². The van der Waals surface area contributed by atoms with Crippen LogP contribution in [-0.4, -0.2) is 37.1 Å². The summed E-state index contributed by atoms with van der Waals surface area (Å²) >= 11 is 0. The summed E-state index contributed by atoms with van der Waals surface area (Å²) in [6.07, 6.45) is 5.99. The maximum Gasteiger partial charge on any atom is 0.0824 e. The van der Waals surface area contributed by atoms with Gasteiger partial charge in [-0.05, 0) is 19.3 Å². The van der Waals surface area contributed by atoms with Crippen molar-refractivity contribution in [3.8, 4) is 0 Å². The molecule has 1 aliphatic heterocycles. The van der Waals surface area contributed by atoms with Crippen molar-refractivity contribution in [2.75, 3.05) is 19.8 Å². The Morgan fingerprint density at radius 3 is 2.71 bits per heavy atom. The van der Waals surface area contributed by atoms with Crippen molar-refractivity contribution in [3.63, 3.8) is 0 Å². The molecule has 3 nitrogen and oxygen atoms in total. The van der Waals surface area contributed by atoms with Gasteiger partial charge in [0, 0.05) is 12.5 Å². The zero-order valence-corrected chi connectivity index (χ0v) is 8.65. The van der Waals surface area contributed by atoms with Crippen LogP contribution in [0.2, 0.25) is 0 Å². The summed E-state index contributed by atoms with van der Waals surface area (Å²) in [5, 5.41) is 9.80. The molecule has 0 amide bonds. The molecule has 2 aliphatic rings. The average molecular weight is 200 g/mol. The monoisotopic (exact) mass is 200 g/mol. The lowest BCUT2D eigenvalue weighted by atomic mass is 10.0. The van der Waals surface area contributed by atoms with Gasteiger partial charge in [0.1, 0.15) is 0 Å². The molecule has 1 heterocycles. The van der Waals surface area contributed by atoms with Crippen LogP contribution in [0.4, 0.5) is 0 Å². The van der Waals surface area contributed by atoms with Crippen LogP contribution in [0, 0.1) is 5.92 Å². The van der Waals surface area contributed by atoms with Crippen LogP contribution in [0.3, 0.4) is 0 Å². The first-order valence-corrected chi connectivity index (χ1v) is 5.73. The van der Waals surface area contributed by atoms with Crippen molar-refractivity contribution >= 4 is 0 Å². The molecule has 1 N–H and O–H groups in total. The second-order valence-corrected chi connectivity index (χ2v) is 4.43. The summed E-state index contributed by atoms with van der Waals surface area (Å²) in [5.41, 5.74) is 0. The molecular formula is C11H20O3. The van der Waals surface area contributed by atoms with Gasteiger partial charge in [-0.3, -0.25) is 0 Å². The van der Waals surface area contributed by atoms with E-state index in [0.717, 1.165) is 13.0 Å². The SMILES string of the molecule is OC(COC1CCCC1)C1CCOC1. The van der Waals surface area contributed by atoms with E-state index in [1.807, 2.05) is 0 Å². The number of hydrogen-bond donors (Lipinski definition) is 1. The highest BCUT2D eigenvalue weighted by Gasteiger charge is 2.25. The van der Waals surface area contributed by atoms with Gasteiger partial charge in [0.2, 0.25) is 0 Å². The highest BCUT2D eigenvalue weighted by molar-refractivity contribution is 4.74. The second-order valence-electron chi connectivity index (χ2n) is 4.43. The van der Waals surface area contributed by atoms with Crippen molar-refractivity contribution in [2.45, 2.75) is 44.3 Å². The van der Waals surface area contributed by atoms with Gasteiger partial charge in [0.15, 0.2) is 0 Å². The maximum absolute atomic E-state index is 9.80. The normalized spacial score (nSPS) is 31.1. The van der Waals surface area contributed by atoms with Gasteiger partial charge in [-0.25, -0.2) is 0 Å². The zero-order valence-electron chi connectivity index (χ0n) is 8.65. The molecule has 0 bridgehead atoms. The summed E-state index contributed by atoms with van der Waals surface area (Å²) in [7, 11) is 0. The van der Waals surface area contributed by atoms with Gasteiger partial charge < -0.3 is 14.6 Å². The molecule has 0 aromatic rings. The van der Waals surface area contributed by atoms with E-state index in [1.165, 1.54) is 25.7 Å². The Bertz CT molecular complexity index is 160. The summed E-state index contributed by atoms with van der Waals surface area (Å²) in [4.78, 5) is 0. The Kier molecular flexibility index (Phi) is 3.79. The topological polar surface area (TPSA) is 38.7 Å². The highest BCUT2D eigenvalue weighted by Crippen LogP contribution is 2.23. The molecule has 1 saturated carbocycles. The Balaban J connectivity index is 1.63. The fourth-order valence-corrected chi connectivity index (χ4v) is 2.28. The first kappa shape index (κ1) is 10.4. The summed E-state index contributed by atoms with van der Waals surface area (Å²) in [6.45, 7) is 2.00. The van der Waals surface area contributed by atoms with E-state index in [1.54, 1.807) is 0 Å². The van der Waals surface area contributed by atoms with Gasteiger partial charge in [-0.15, -0.1) is 0 Å². The molecule has 0 aromatic carbocycles. The van der Waals surface area contributed by atoms with Crippen LogP contribution < -0.4 is 0 Å². The molecule has 3 heteroatoms. The summed E-state index contributed by atoms with van der Waals surface area (Å²) in [5.74, 6) is 0.302. The molecule has 2 rings (SSSR count). The fourth-order valence-electron chi connectivity index (χ4n) is 2.28. The van der Waals surface area contributed by atoms with E-state index in [0.29, 0.717) is 25.2 Å². The van der Waals surface area contributed by atoms with E-state index in [9.17, 15) is 5.11 Å². The first-order valence-electron chi connectivity index (χ1n) is 5.73. The number of aliphatic hydroxyl groups is 1. The molecule has 1 aliphatic carbocycles. The fraction of sp³-hybridized carbons (Fsp3) is 1.00. The van der Waals surface area contributed by atoms with E-state index in [-0.39, 0.29) is 6.10 Å². The van der Waals surface area contributed by atoms with E-state index >= 15 is 0 Å². The largest absolute Gasteiger partial charge is 0.390 e. The Morgan fingerprint density at radius 2 is 2.07 bits per heavy atom. The smallest absolute Gasteiger partial charge is 0.0824 e. The minimum atomic E-state index is -0.321. The molecular weight excluding hydrogens is 180 g/mol. The lowest BCUT2D eigenvalue weighted by Crippen LogP contribution is -2.28. The zero-order chi connectivity index (χ0) is 9.80. The highest BCUT2D eigenvalue weighted by atomic mass is 16.5. The van der Waals surface area contributed by atoms with Gasteiger partial charge in [0.05, 0.1) is 25.4 Å². The van der Waals surface area contributed by atoms with Crippen molar-refractivity contribution in [1.82, 2.24) is 0 Å². The van der Waals surface area contributed by atoms with Gasteiger partial charge in [-0.2, -0.15) is 0 Å². The molecule has 2 fully saturated rings. The van der Waals surface area contributed by atoms with Crippen molar-refractivity contribution < 1.29 is 14.6 Å². The van der Waals surface area contributed by atoms with Crippen molar-refractivity contribution in [3.05, 3.63) is 0 Å². The molecule has 0 radical (unpaired) electrons. The molecule has 1 saturated heterocycles. The number of hydrogen-bond acceptors (Lipinski definition) is 3. The standard InChI is InChI=1S/C11H20O3/c12-11(9-5-6-13-7-9)8-14-10-3-1-2-4-10/h9-12H,1-8H2. The number of aliphatic hydroxyl groups excluding tert-OH is 1. The van der Waals surface area contributed by atoms with Crippen LogP contribution in [0.5, 0.6) is 0 Å². The maximum atomic E-state index is 9.80. The van der Waals surface area contributed by atoms with Crippen LogP contribution in [-0.2, 0) is 9.47 Å². The van der Waals surface area contributed by atoms with Gasteiger partial charge in [0.25, 0.3) is 0 Å². The number of ether oxygens (including phenoxy) is 2. The van der Waals surface area contributed by atoms with Crippen molar-refractivity contribution in [1.29, 1.82) is 0 Å². The van der Waals surface area contributed by atoms with Crippen LogP contribution >= 0.6 is 0 Å². The van der Waals surface area contributed by atoms with Crippen LogP contribution in [0.25, 0.3) is 0 Å². The third-order valence-corrected chi connectivity index (χ3v) is 3.31. The van der Waals surface area contributed by atoms with Gasteiger partial charge >= 0.3 is 0 Å². The van der Waals surface area contributed by atoms with E-state index in [4.69, 9.17) is 9.47 Å². The van der Waals surface area contributed by atoms with E-state index in [2.05, 4.69) is 0 Å². The summed E-state index contributed by atoms with van der Waals surface area (Å²) in [6, 6.07) is 0. The molecule has 2 atom stereocenters. The lowest BCUT2D eigenvalue weighted by Gasteiger charge is -2.19. The molecule has 14 heavy (non-hydrogen) atoms. The third kappa shape index (κ3) is 2.69. The van der Waals surface area contributed by atoms with Crippen molar-refractivity contribution in [2.24, 2.45) is 5.92 Å². The third-order valence-electron chi connectivity index (χ3n) is 3.31. The Hall–Kier alpha value is -0.120. The Morgan fingerprint density at radius 1 is 1.29 bits per heavy atom. The van der Waals surface area contributed by atoms with Crippen LogP contribution in [0.1, 0.15) is 32.1 Å². The molecule has 82 valence electrons.